The molecule has 0 amide bonds. The van der Waals surface area contributed by atoms with Crippen LogP contribution in [0.2, 0.25) is 5.02 Å². The van der Waals surface area contributed by atoms with Gasteiger partial charge in [0.2, 0.25) is 0 Å². The molecule has 1 aromatic heterocycles. The lowest BCUT2D eigenvalue weighted by atomic mass is 10.1. The van der Waals surface area contributed by atoms with Crippen molar-refractivity contribution in [2.45, 2.75) is 6.54 Å². The molecule has 114 valence electrons. The fourth-order valence-corrected chi connectivity index (χ4v) is 2.88. The number of piperazine rings is 1. The van der Waals surface area contributed by atoms with Gasteiger partial charge in [-0.25, -0.2) is 0 Å². The summed E-state index contributed by atoms with van der Waals surface area (Å²) < 4.78 is 0. The topological polar surface area (TPSA) is 43.2 Å². The van der Waals surface area contributed by atoms with Crippen LogP contribution in [-0.4, -0.2) is 46.8 Å². The quantitative estimate of drug-likeness (QED) is 0.700. The fraction of sp³-hybridized carbons (Fsp3) is 0.294. The first kappa shape index (κ1) is 15.0. The second-order valence-electron chi connectivity index (χ2n) is 5.44. The first-order valence-electron chi connectivity index (χ1n) is 7.44. The molecule has 1 fully saturated rings. The lowest BCUT2D eigenvalue weighted by Gasteiger charge is -2.36. The Morgan fingerprint density at radius 2 is 1.73 bits per heavy atom. The van der Waals surface area contributed by atoms with Crippen molar-refractivity contribution in [3.05, 3.63) is 64.9 Å². The van der Waals surface area contributed by atoms with Crippen molar-refractivity contribution in [2.24, 2.45) is 0 Å². The van der Waals surface area contributed by atoms with Gasteiger partial charge in [0, 0.05) is 55.7 Å². The number of hydrogen-bond acceptors (Lipinski definition) is 3. The average Bonchev–Trinajstić information content (AvgIpc) is 2.58. The maximum atomic E-state index is 8.30. The molecule has 0 saturated carbocycles. The third kappa shape index (κ3) is 3.46. The summed E-state index contributed by atoms with van der Waals surface area (Å²) in [5.41, 5.74) is 2.09. The maximum absolute atomic E-state index is 8.30. The van der Waals surface area contributed by atoms with Crippen molar-refractivity contribution < 1.29 is 0 Å². The zero-order chi connectivity index (χ0) is 15.4. The molecule has 0 aliphatic carbocycles. The minimum atomic E-state index is 0.583. The van der Waals surface area contributed by atoms with Gasteiger partial charge in [0.25, 0.3) is 0 Å². The molecule has 5 heteroatoms. The Hall–Kier alpha value is -1.91. The molecule has 0 unspecified atom stereocenters. The number of halogens is 1. The Balaban J connectivity index is 1.57. The van der Waals surface area contributed by atoms with Gasteiger partial charge in [-0.3, -0.25) is 15.3 Å². The van der Waals surface area contributed by atoms with Crippen LogP contribution in [0.15, 0.2) is 48.8 Å². The van der Waals surface area contributed by atoms with E-state index < -0.39 is 0 Å². The SMILES string of the molecule is N=C(c1ccncc1)N1CCN(Cc2ccccc2Cl)CC1. The minimum Gasteiger partial charge on any atom is -0.354 e. The van der Waals surface area contributed by atoms with Crippen LogP contribution in [0.25, 0.3) is 0 Å². The molecule has 4 nitrogen and oxygen atoms in total. The van der Waals surface area contributed by atoms with Gasteiger partial charge < -0.3 is 4.90 Å². The Morgan fingerprint density at radius 1 is 1.05 bits per heavy atom. The number of rotatable bonds is 3. The van der Waals surface area contributed by atoms with Crippen molar-refractivity contribution in [1.29, 1.82) is 5.41 Å². The Labute approximate surface area is 135 Å². The number of nitrogens with zero attached hydrogens (tertiary/aromatic N) is 3. The number of pyridine rings is 1. The summed E-state index contributed by atoms with van der Waals surface area (Å²) in [6, 6.07) is 11.8. The highest BCUT2D eigenvalue weighted by molar-refractivity contribution is 6.31. The number of nitrogens with one attached hydrogen (secondary N) is 1. The van der Waals surface area contributed by atoms with E-state index in [1.165, 1.54) is 5.56 Å². The van der Waals surface area contributed by atoms with Crippen LogP contribution >= 0.6 is 11.6 Å². The van der Waals surface area contributed by atoms with Gasteiger partial charge in [0.15, 0.2) is 0 Å². The minimum absolute atomic E-state index is 0.583. The van der Waals surface area contributed by atoms with E-state index in [-0.39, 0.29) is 0 Å². The Kier molecular flexibility index (Phi) is 4.71. The van der Waals surface area contributed by atoms with Crippen LogP contribution < -0.4 is 0 Å². The summed E-state index contributed by atoms with van der Waals surface area (Å²) in [6.45, 7) is 4.49. The molecule has 1 N–H and O–H groups in total. The van der Waals surface area contributed by atoms with Crippen LogP contribution in [0.5, 0.6) is 0 Å². The van der Waals surface area contributed by atoms with Gasteiger partial charge in [-0.2, -0.15) is 0 Å². The molecular weight excluding hydrogens is 296 g/mol. The summed E-state index contributed by atoms with van der Waals surface area (Å²) >= 11 is 6.23. The van der Waals surface area contributed by atoms with Gasteiger partial charge in [0.05, 0.1) is 0 Å². The molecule has 1 aliphatic heterocycles. The highest BCUT2D eigenvalue weighted by atomic mass is 35.5. The van der Waals surface area contributed by atoms with Crippen molar-refractivity contribution in [1.82, 2.24) is 14.8 Å². The molecule has 1 saturated heterocycles. The normalized spacial score (nSPS) is 15.8. The van der Waals surface area contributed by atoms with Gasteiger partial charge in [0.1, 0.15) is 5.84 Å². The number of amidine groups is 1. The molecule has 0 spiro atoms. The Bertz CT molecular complexity index is 636. The van der Waals surface area contributed by atoms with Crippen LogP contribution in [0, 0.1) is 5.41 Å². The lowest BCUT2D eigenvalue weighted by molar-refractivity contribution is 0.175. The van der Waals surface area contributed by atoms with Crippen molar-refractivity contribution in [3.63, 3.8) is 0 Å². The molecule has 1 aliphatic rings. The fourth-order valence-electron chi connectivity index (χ4n) is 2.69. The molecule has 22 heavy (non-hydrogen) atoms. The van der Waals surface area contributed by atoms with E-state index in [1.807, 2.05) is 30.3 Å². The molecule has 2 aromatic rings. The maximum Gasteiger partial charge on any atom is 0.128 e. The van der Waals surface area contributed by atoms with Gasteiger partial charge in [-0.05, 0) is 23.8 Å². The van der Waals surface area contributed by atoms with Gasteiger partial charge >= 0.3 is 0 Å². The van der Waals surface area contributed by atoms with Gasteiger partial charge in [-0.1, -0.05) is 29.8 Å². The first-order chi connectivity index (χ1) is 10.7. The van der Waals surface area contributed by atoms with E-state index in [0.717, 1.165) is 43.3 Å². The van der Waals surface area contributed by atoms with Crippen molar-refractivity contribution in [3.8, 4) is 0 Å². The van der Waals surface area contributed by atoms with Crippen LogP contribution in [0.1, 0.15) is 11.1 Å². The van der Waals surface area contributed by atoms with Gasteiger partial charge in [-0.15, -0.1) is 0 Å². The van der Waals surface area contributed by atoms with Crippen LogP contribution in [0.3, 0.4) is 0 Å². The average molecular weight is 315 g/mol. The summed E-state index contributed by atoms with van der Waals surface area (Å²) in [5.74, 6) is 0.583. The zero-order valence-corrected chi connectivity index (χ0v) is 13.1. The molecule has 2 heterocycles. The standard InChI is InChI=1S/C17H19ClN4/c18-16-4-2-1-3-15(16)13-21-9-11-22(12-10-21)17(19)14-5-7-20-8-6-14/h1-8,19H,9-13H2. The summed E-state index contributed by atoms with van der Waals surface area (Å²) in [6.07, 6.45) is 3.47. The van der Waals surface area contributed by atoms with E-state index in [4.69, 9.17) is 17.0 Å². The second kappa shape index (κ2) is 6.90. The molecular formula is C17H19ClN4. The summed E-state index contributed by atoms with van der Waals surface area (Å²) in [4.78, 5) is 8.51. The summed E-state index contributed by atoms with van der Waals surface area (Å²) in [5, 5.41) is 9.13. The number of hydrogen-bond donors (Lipinski definition) is 1. The largest absolute Gasteiger partial charge is 0.354 e. The predicted octanol–water partition coefficient (Wildman–Crippen LogP) is 2.88. The van der Waals surface area contributed by atoms with Crippen LogP contribution in [-0.2, 0) is 6.54 Å². The molecule has 0 atom stereocenters. The monoisotopic (exact) mass is 314 g/mol. The number of aromatic nitrogens is 1. The van der Waals surface area contributed by atoms with Crippen molar-refractivity contribution >= 4 is 17.4 Å². The second-order valence-corrected chi connectivity index (χ2v) is 5.85. The first-order valence-corrected chi connectivity index (χ1v) is 7.81. The number of benzene rings is 1. The Morgan fingerprint density at radius 3 is 2.41 bits per heavy atom. The third-order valence-electron chi connectivity index (χ3n) is 3.99. The predicted molar refractivity (Wildman–Crippen MR) is 89.4 cm³/mol. The zero-order valence-electron chi connectivity index (χ0n) is 12.4. The highest BCUT2D eigenvalue weighted by Crippen LogP contribution is 2.18. The highest BCUT2D eigenvalue weighted by Gasteiger charge is 2.20. The summed E-state index contributed by atoms with van der Waals surface area (Å²) in [7, 11) is 0. The van der Waals surface area contributed by atoms with E-state index in [0.29, 0.717) is 5.84 Å². The molecule has 0 radical (unpaired) electrons. The molecule has 1 aromatic carbocycles. The van der Waals surface area contributed by atoms with E-state index in [1.54, 1.807) is 12.4 Å². The van der Waals surface area contributed by atoms with Crippen LogP contribution in [0.4, 0.5) is 0 Å². The van der Waals surface area contributed by atoms with E-state index in [2.05, 4.69) is 20.9 Å². The third-order valence-corrected chi connectivity index (χ3v) is 4.36. The smallest absolute Gasteiger partial charge is 0.128 e. The molecule has 3 rings (SSSR count). The molecule has 0 bridgehead atoms. The van der Waals surface area contributed by atoms with Crippen molar-refractivity contribution in [2.75, 3.05) is 26.2 Å². The van der Waals surface area contributed by atoms with E-state index >= 15 is 0 Å². The van der Waals surface area contributed by atoms with E-state index in [9.17, 15) is 0 Å². The lowest BCUT2D eigenvalue weighted by Crippen LogP contribution is -2.48.